The van der Waals surface area contributed by atoms with E-state index in [0.717, 1.165) is 26.0 Å². The van der Waals surface area contributed by atoms with E-state index in [-0.39, 0.29) is 6.04 Å². The molecular weight excluding hydrogens is 310 g/mol. The number of hydrogen-bond acceptors (Lipinski definition) is 3. The third-order valence-corrected chi connectivity index (χ3v) is 4.72. The van der Waals surface area contributed by atoms with Crippen LogP contribution >= 0.6 is 38.9 Å². The van der Waals surface area contributed by atoms with Gasteiger partial charge in [0.2, 0.25) is 0 Å². The van der Waals surface area contributed by atoms with Gasteiger partial charge >= 0.3 is 0 Å². The first kappa shape index (κ1) is 12.2. The van der Waals surface area contributed by atoms with Crippen molar-refractivity contribution in [3.8, 4) is 0 Å². The third kappa shape index (κ3) is 2.51. The molecule has 0 spiro atoms. The van der Waals surface area contributed by atoms with E-state index in [4.69, 9.17) is 16.0 Å². The molecule has 0 bridgehead atoms. The van der Waals surface area contributed by atoms with E-state index in [2.05, 4.69) is 28.2 Å². The van der Waals surface area contributed by atoms with Crippen molar-refractivity contribution in [2.45, 2.75) is 13.0 Å². The van der Waals surface area contributed by atoms with Gasteiger partial charge in [-0.3, -0.25) is 0 Å². The second-order valence-corrected chi connectivity index (χ2v) is 6.09. The molecule has 1 unspecified atom stereocenters. The van der Waals surface area contributed by atoms with Crippen LogP contribution in [0.3, 0.4) is 0 Å². The average molecular weight is 321 g/mol. The zero-order valence-corrected chi connectivity index (χ0v) is 11.8. The van der Waals surface area contributed by atoms with Gasteiger partial charge in [-0.2, -0.15) is 0 Å². The van der Waals surface area contributed by atoms with Crippen LogP contribution in [0.4, 0.5) is 0 Å². The van der Waals surface area contributed by atoms with Gasteiger partial charge < -0.3 is 9.73 Å². The number of hydrogen-bond donors (Lipinski definition) is 1. The third-order valence-electron chi connectivity index (χ3n) is 2.18. The summed E-state index contributed by atoms with van der Waals surface area (Å²) in [6, 6.07) is 5.90. The summed E-state index contributed by atoms with van der Waals surface area (Å²) in [6.45, 7) is 2.94. The lowest BCUT2D eigenvalue weighted by atomic mass is 10.2. The Hall–Kier alpha value is -0.290. The molecule has 0 radical (unpaired) electrons. The van der Waals surface area contributed by atoms with Crippen LogP contribution in [0.25, 0.3) is 0 Å². The van der Waals surface area contributed by atoms with E-state index < -0.39 is 0 Å². The van der Waals surface area contributed by atoms with Gasteiger partial charge in [0.25, 0.3) is 0 Å². The fourth-order valence-corrected chi connectivity index (χ4v) is 3.34. The Kier molecular flexibility index (Phi) is 4.08. The number of halogens is 2. The van der Waals surface area contributed by atoms with Crippen LogP contribution in [0.2, 0.25) is 5.02 Å². The molecule has 2 aromatic heterocycles. The highest BCUT2D eigenvalue weighted by molar-refractivity contribution is 9.11. The average Bonchev–Trinajstić information content (AvgIpc) is 2.86. The van der Waals surface area contributed by atoms with Gasteiger partial charge in [-0.15, -0.1) is 11.3 Å². The molecular formula is C11H11BrClNOS. The molecule has 1 atom stereocenters. The lowest BCUT2D eigenvalue weighted by molar-refractivity contribution is 0.455. The minimum atomic E-state index is 0.0776. The summed E-state index contributed by atoms with van der Waals surface area (Å²) < 4.78 is 6.39. The molecule has 16 heavy (non-hydrogen) atoms. The Morgan fingerprint density at radius 1 is 1.62 bits per heavy atom. The first-order chi connectivity index (χ1) is 7.72. The Bertz CT molecular complexity index is 435. The first-order valence-electron chi connectivity index (χ1n) is 4.94. The van der Waals surface area contributed by atoms with Gasteiger partial charge in [0.15, 0.2) is 0 Å². The maximum atomic E-state index is 6.04. The van der Waals surface area contributed by atoms with Gasteiger partial charge in [-0.25, -0.2) is 0 Å². The zero-order valence-electron chi connectivity index (χ0n) is 8.67. The van der Waals surface area contributed by atoms with Crippen molar-refractivity contribution in [3.05, 3.63) is 43.9 Å². The van der Waals surface area contributed by atoms with Crippen molar-refractivity contribution >= 4 is 38.9 Å². The minimum Gasteiger partial charge on any atom is -0.467 e. The summed E-state index contributed by atoms with van der Waals surface area (Å²) in [5, 5.41) is 4.12. The van der Waals surface area contributed by atoms with Crippen LogP contribution in [0, 0.1) is 0 Å². The molecule has 0 fully saturated rings. The van der Waals surface area contributed by atoms with Gasteiger partial charge in [-0.05, 0) is 40.7 Å². The lowest BCUT2D eigenvalue weighted by Gasteiger charge is -2.13. The summed E-state index contributed by atoms with van der Waals surface area (Å²) in [5.74, 6) is 0.910. The topological polar surface area (TPSA) is 25.2 Å². The van der Waals surface area contributed by atoms with E-state index in [0.29, 0.717) is 0 Å². The summed E-state index contributed by atoms with van der Waals surface area (Å²) in [7, 11) is 0. The van der Waals surface area contributed by atoms with Crippen molar-refractivity contribution in [3.63, 3.8) is 0 Å². The van der Waals surface area contributed by atoms with E-state index >= 15 is 0 Å². The normalized spacial score (nSPS) is 12.9. The maximum Gasteiger partial charge on any atom is 0.126 e. The Morgan fingerprint density at radius 2 is 2.44 bits per heavy atom. The van der Waals surface area contributed by atoms with Crippen molar-refractivity contribution in [2.75, 3.05) is 6.54 Å². The zero-order chi connectivity index (χ0) is 11.5. The van der Waals surface area contributed by atoms with E-state index in [1.807, 2.05) is 18.2 Å². The SMILES string of the molecule is CCNC(c1ccco1)c1cc(Cl)c(Br)s1. The molecule has 0 aromatic carbocycles. The van der Waals surface area contributed by atoms with E-state index in [1.165, 1.54) is 0 Å². The molecule has 0 aliphatic rings. The minimum absolute atomic E-state index is 0.0776. The number of furan rings is 1. The Labute approximate surface area is 112 Å². The second kappa shape index (κ2) is 5.36. The number of rotatable bonds is 4. The Balaban J connectivity index is 2.32. The van der Waals surface area contributed by atoms with Gasteiger partial charge in [0.1, 0.15) is 11.8 Å². The van der Waals surface area contributed by atoms with Gasteiger partial charge in [0.05, 0.1) is 15.1 Å². The summed E-state index contributed by atoms with van der Waals surface area (Å²) in [6.07, 6.45) is 1.68. The monoisotopic (exact) mass is 319 g/mol. The largest absolute Gasteiger partial charge is 0.467 e. The smallest absolute Gasteiger partial charge is 0.126 e. The van der Waals surface area contributed by atoms with E-state index in [9.17, 15) is 0 Å². The van der Waals surface area contributed by atoms with Crippen LogP contribution in [0.1, 0.15) is 23.6 Å². The highest BCUT2D eigenvalue weighted by Gasteiger charge is 2.19. The van der Waals surface area contributed by atoms with Crippen molar-refractivity contribution in [1.29, 1.82) is 0 Å². The fourth-order valence-electron chi connectivity index (χ4n) is 1.51. The maximum absolute atomic E-state index is 6.04. The molecule has 1 N–H and O–H groups in total. The summed E-state index contributed by atoms with van der Waals surface area (Å²) in [5.41, 5.74) is 0. The van der Waals surface area contributed by atoms with Crippen LogP contribution < -0.4 is 5.32 Å². The van der Waals surface area contributed by atoms with Crippen molar-refractivity contribution in [2.24, 2.45) is 0 Å². The quantitative estimate of drug-likeness (QED) is 0.900. The predicted molar refractivity (Wildman–Crippen MR) is 71.3 cm³/mol. The highest BCUT2D eigenvalue weighted by atomic mass is 79.9. The molecule has 0 saturated carbocycles. The molecule has 2 rings (SSSR count). The summed E-state index contributed by atoms with van der Waals surface area (Å²) >= 11 is 11.1. The molecule has 0 amide bonds. The fraction of sp³-hybridized carbons (Fsp3) is 0.273. The van der Waals surface area contributed by atoms with Crippen molar-refractivity contribution in [1.82, 2.24) is 5.32 Å². The molecule has 0 aliphatic carbocycles. The molecule has 2 aromatic rings. The highest BCUT2D eigenvalue weighted by Crippen LogP contribution is 2.37. The molecule has 0 aliphatic heterocycles. The second-order valence-electron chi connectivity index (χ2n) is 3.28. The van der Waals surface area contributed by atoms with Crippen LogP contribution in [-0.4, -0.2) is 6.54 Å². The van der Waals surface area contributed by atoms with Gasteiger partial charge in [-0.1, -0.05) is 18.5 Å². The molecule has 2 heterocycles. The van der Waals surface area contributed by atoms with Crippen LogP contribution in [-0.2, 0) is 0 Å². The molecule has 0 saturated heterocycles. The number of nitrogens with one attached hydrogen (secondary N) is 1. The number of thiophene rings is 1. The van der Waals surface area contributed by atoms with Gasteiger partial charge in [0, 0.05) is 4.88 Å². The standard InChI is InChI=1S/C11H11BrClNOS/c1-2-14-10(8-4-3-5-15-8)9-6-7(13)11(12)16-9/h3-6,10,14H,2H2,1H3. The molecule has 2 nitrogen and oxygen atoms in total. The van der Waals surface area contributed by atoms with Crippen molar-refractivity contribution < 1.29 is 4.42 Å². The lowest BCUT2D eigenvalue weighted by Crippen LogP contribution is -2.20. The van der Waals surface area contributed by atoms with E-state index in [1.54, 1.807) is 17.6 Å². The van der Waals surface area contributed by atoms with Crippen LogP contribution in [0.5, 0.6) is 0 Å². The molecule has 5 heteroatoms. The predicted octanol–water partition coefficient (Wildman–Crippen LogP) is 4.46. The summed E-state index contributed by atoms with van der Waals surface area (Å²) in [4.78, 5) is 1.15. The van der Waals surface area contributed by atoms with Crippen LogP contribution in [0.15, 0.2) is 32.7 Å². The Morgan fingerprint density at radius 3 is 2.94 bits per heavy atom. The molecule has 86 valence electrons. The first-order valence-corrected chi connectivity index (χ1v) is 6.92.